The van der Waals surface area contributed by atoms with Crippen LogP contribution < -0.4 is 5.32 Å². The van der Waals surface area contributed by atoms with Crippen LogP contribution in [0.4, 0.5) is 0 Å². The SMILES string of the molecule is CC/C=C\C/C=C\C/C=C\C/C=C\C/C=C\C/C=C\C/C=C\CCCCCCCCCCCCCCCC(=O)NC(CO)C(O)/C=C/CCCCCCCCCCCCCCCCCCCCC. The molecule has 1 amide bonds. The van der Waals surface area contributed by atoms with Gasteiger partial charge in [-0.3, -0.25) is 4.79 Å². The number of nitrogens with one attached hydrogen (secondary N) is 1. The molecule has 0 saturated heterocycles. The van der Waals surface area contributed by atoms with Crippen molar-refractivity contribution in [2.24, 2.45) is 0 Å². The van der Waals surface area contributed by atoms with Crippen LogP contribution in [0.5, 0.6) is 0 Å². The van der Waals surface area contributed by atoms with Crippen molar-refractivity contribution in [2.75, 3.05) is 6.61 Å². The van der Waals surface area contributed by atoms with Crippen LogP contribution in [0.2, 0.25) is 0 Å². The minimum Gasteiger partial charge on any atom is -0.394 e. The van der Waals surface area contributed by atoms with Gasteiger partial charge in [0.1, 0.15) is 0 Å². The molecule has 0 fully saturated rings. The molecule has 392 valence electrons. The molecule has 0 rings (SSSR count). The average Bonchev–Trinajstić information content (AvgIpc) is 3.34. The van der Waals surface area contributed by atoms with Crippen LogP contribution in [-0.4, -0.2) is 34.9 Å². The molecule has 3 N–H and O–H groups in total. The Hall–Kier alpha value is -2.69. The lowest BCUT2D eigenvalue weighted by atomic mass is 10.0. The average molecular weight is 945 g/mol. The Morgan fingerprint density at radius 2 is 0.647 bits per heavy atom. The van der Waals surface area contributed by atoms with Crippen molar-refractivity contribution in [3.63, 3.8) is 0 Å². The van der Waals surface area contributed by atoms with Crippen LogP contribution >= 0.6 is 0 Å². The first-order valence-electron chi connectivity index (χ1n) is 29.5. The van der Waals surface area contributed by atoms with Gasteiger partial charge in [-0.1, -0.05) is 297 Å². The first-order chi connectivity index (χ1) is 33.7. The van der Waals surface area contributed by atoms with Crippen molar-refractivity contribution in [2.45, 2.75) is 296 Å². The molecule has 0 radical (unpaired) electrons. The zero-order chi connectivity index (χ0) is 49.2. The lowest BCUT2D eigenvalue weighted by Gasteiger charge is -2.20. The Morgan fingerprint density at radius 1 is 0.368 bits per heavy atom. The smallest absolute Gasteiger partial charge is 0.220 e. The summed E-state index contributed by atoms with van der Waals surface area (Å²) in [5, 5.41) is 23.2. The van der Waals surface area contributed by atoms with Gasteiger partial charge in [0.2, 0.25) is 5.91 Å². The summed E-state index contributed by atoms with van der Waals surface area (Å²) in [5.74, 6) is -0.0661. The molecule has 4 nitrogen and oxygen atoms in total. The van der Waals surface area contributed by atoms with Crippen molar-refractivity contribution in [3.05, 3.63) is 97.2 Å². The molecular weight excluding hydrogens is 831 g/mol. The molecule has 0 aliphatic carbocycles. The van der Waals surface area contributed by atoms with Crippen molar-refractivity contribution in [3.8, 4) is 0 Å². The topological polar surface area (TPSA) is 69.6 Å². The number of unbranched alkanes of at least 4 members (excludes halogenated alkanes) is 32. The Morgan fingerprint density at radius 3 is 0.971 bits per heavy atom. The van der Waals surface area contributed by atoms with E-state index in [1.54, 1.807) is 6.08 Å². The van der Waals surface area contributed by atoms with Gasteiger partial charge in [-0.25, -0.2) is 0 Å². The van der Waals surface area contributed by atoms with E-state index in [0.29, 0.717) is 6.42 Å². The number of hydrogen-bond donors (Lipinski definition) is 3. The van der Waals surface area contributed by atoms with Crippen LogP contribution in [0.3, 0.4) is 0 Å². The molecule has 0 aliphatic rings. The van der Waals surface area contributed by atoms with Gasteiger partial charge in [-0.05, 0) is 77.0 Å². The summed E-state index contributed by atoms with van der Waals surface area (Å²) in [6.45, 7) is 4.21. The summed E-state index contributed by atoms with van der Waals surface area (Å²) in [4.78, 5) is 12.5. The highest BCUT2D eigenvalue weighted by molar-refractivity contribution is 5.76. The standard InChI is InChI=1S/C64H113NO3/c1-3-5-7-9-11-13-15-17-19-21-23-25-26-27-28-29-30-31-32-33-34-35-36-37-38-40-42-44-46-48-50-52-54-56-58-60-64(68)65-62(61-66)63(67)59-57-55-53-51-49-47-45-43-41-39-24-22-20-18-16-14-12-10-8-6-4-2/h5,7,11,13,17,19,23,25,27-28,30-31,33-34,57,59,62-63,66-67H,3-4,6,8-10,12,14-16,18,20-22,24,26,29,32,35-56,58,60-61H2,1-2H3,(H,65,68)/b7-5-,13-11-,19-17-,25-23-,28-27-,31-30-,34-33-,59-57+. The van der Waals surface area contributed by atoms with Gasteiger partial charge in [0, 0.05) is 6.42 Å². The molecule has 2 unspecified atom stereocenters. The zero-order valence-corrected chi connectivity index (χ0v) is 45.1. The first-order valence-corrected chi connectivity index (χ1v) is 29.5. The van der Waals surface area contributed by atoms with E-state index in [-0.39, 0.29) is 12.5 Å². The van der Waals surface area contributed by atoms with E-state index in [0.717, 1.165) is 70.6 Å². The van der Waals surface area contributed by atoms with Crippen molar-refractivity contribution in [1.82, 2.24) is 5.32 Å². The fraction of sp³-hybridized carbons (Fsp3) is 0.734. The van der Waals surface area contributed by atoms with Gasteiger partial charge in [-0.15, -0.1) is 0 Å². The molecule has 0 aliphatic heterocycles. The third-order valence-electron chi connectivity index (χ3n) is 13.1. The van der Waals surface area contributed by atoms with Gasteiger partial charge >= 0.3 is 0 Å². The second-order valence-corrected chi connectivity index (χ2v) is 19.7. The van der Waals surface area contributed by atoms with Gasteiger partial charge in [0.15, 0.2) is 0 Å². The fourth-order valence-electron chi connectivity index (χ4n) is 8.63. The number of aliphatic hydroxyl groups is 2. The predicted molar refractivity (Wildman–Crippen MR) is 303 cm³/mol. The third kappa shape index (κ3) is 54.3. The fourth-order valence-corrected chi connectivity index (χ4v) is 8.63. The summed E-state index contributed by atoms with van der Waals surface area (Å²) in [5.41, 5.74) is 0. The molecule has 0 aromatic rings. The number of carbonyl (C=O) groups is 1. The third-order valence-corrected chi connectivity index (χ3v) is 13.1. The number of hydrogen-bond acceptors (Lipinski definition) is 3. The molecule has 4 heteroatoms. The van der Waals surface area contributed by atoms with Crippen LogP contribution in [0.25, 0.3) is 0 Å². The van der Waals surface area contributed by atoms with Crippen molar-refractivity contribution >= 4 is 5.91 Å². The highest BCUT2D eigenvalue weighted by Crippen LogP contribution is 2.16. The molecule has 0 spiro atoms. The second-order valence-electron chi connectivity index (χ2n) is 19.7. The van der Waals surface area contributed by atoms with E-state index in [1.807, 2.05) is 6.08 Å². The normalized spacial score (nSPS) is 13.5. The molecule has 2 atom stereocenters. The highest BCUT2D eigenvalue weighted by atomic mass is 16.3. The predicted octanol–water partition coefficient (Wildman–Crippen LogP) is 19.7. The molecular formula is C64H113NO3. The maximum Gasteiger partial charge on any atom is 0.220 e. The molecule has 0 aromatic heterocycles. The monoisotopic (exact) mass is 944 g/mol. The maximum atomic E-state index is 12.5. The van der Waals surface area contributed by atoms with Gasteiger partial charge < -0.3 is 15.5 Å². The van der Waals surface area contributed by atoms with Crippen molar-refractivity contribution < 1.29 is 15.0 Å². The highest BCUT2D eigenvalue weighted by Gasteiger charge is 2.18. The number of allylic oxidation sites excluding steroid dienone is 15. The van der Waals surface area contributed by atoms with E-state index in [2.05, 4.69) is 104 Å². The largest absolute Gasteiger partial charge is 0.394 e. The van der Waals surface area contributed by atoms with Crippen LogP contribution in [-0.2, 0) is 4.79 Å². The summed E-state index contributed by atoms with van der Waals surface area (Å²) in [7, 11) is 0. The quantitative estimate of drug-likeness (QED) is 0.0420. The van der Waals surface area contributed by atoms with Gasteiger partial charge in [-0.2, -0.15) is 0 Å². The Balaban J connectivity index is 3.54. The number of aliphatic hydroxyl groups excluding tert-OH is 2. The van der Waals surface area contributed by atoms with E-state index in [1.165, 1.54) is 193 Å². The summed E-state index contributed by atoms with van der Waals surface area (Å²) in [6.07, 6.45) is 87.1. The molecule has 0 heterocycles. The second kappa shape index (κ2) is 58.6. The molecule has 0 bridgehead atoms. The minimum absolute atomic E-state index is 0.0661. The molecule has 0 saturated carbocycles. The van der Waals surface area contributed by atoms with Gasteiger partial charge in [0.05, 0.1) is 18.8 Å². The van der Waals surface area contributed by atoms with Crippen LogP contribution in [0.15, 0.2) is 97.2 Å². The van der Waals surface area contributed by atoms with Gasteiger partial charge in [0.25, 0.3) is 0 Å². The number of amides is 1. The Kier molecular flexibility index (Phi) is 56.3. The minimum atomic E-state index is -0.845. The van der Waals surface area contributed by atoms with Crippen LogP contribution in [0, 0.1) is 0 Å². The van der Waals surface area contributed by atoms with E-state index >= 15 is 0 Å². The van der Waals surface area contributed by atoms with E-state index < -0.39 is 12.1 Å². The molecule has 0 aromatic carbocycles. The number of rotatable bonds is 53. The van der Waals surface area contributed by atoms with Crippen LogP contribution in [0.1, 0.15) is 284 Å². The summed E-state index contributed by atoms with van der Waals surface area (Å²) < 4.78 is 0. The maximum absolute atomic E-state index is 12.5. The zero-order valence-electron chi connectivity index (χ0n) is 45.1. The van der Waals surface area contributed by atoms with E-state index in [4.69, 9.17) is 0 Å². The summed E-state index contributed by atoms with van der Waals surface area (Å²) in [6, 6.07) is -0.629. The Bertz CT molecular complexity index is 1250. The van der Waals surface area contributed by atoms with Crippen molar-refractivity contribution in [1.29, 1.82) is 0 Å². The molecule has 68 heavy (non-hydrogen) atoms. The van der Waals surface area contributed by atoms with E-state index in [9.17, 15) is 15.0 Å². The Labute approximate surface area is 424 Å². The lowest BCUT2D eigenvalue weighted by molar-refractivity contribution is -0.123. The summed E-state index contributed by atoms with van der Waals surface area (Å²) >= 11 is 0. The lowest BCUT2D eigenvalue weighted by Crippen LogP contribution is -2.45. The first kappa shape index (κ1) is 65.3. The number of carbonyl (C=O) groups excluding carboxylic acids is 1.